The first-order valence-electron chi connectivity index (χ1n) is 5.27. The number of aromatic nitrogens is 1. The summed E-state index contributed by atoms with van der Waals surface area (Å²) in [4.78, 5) is 4.29. The van der Waals surface area contributed by atoms with Crippen molar-refractivity contribution >= 4 is 11.3 Å². The van der Waals surface area contributed by atoms with E-state index in [2.05, 4.69) is 31.1 Å². The highest BCUT2D eigenvalue weighted by Gasteiger charge is 2.05. The van der Waals surface area contributed by atoms with E-state index in [4.69, 9.17) is 0 Å². The molecule has 0 spiro atoms. The standard InChI is InChI=1S/C11H20N2S/c1-9(2)7-12-8-10(3)6-11-13-4-5-14-11/h4-5,9-10,12H,6-8H2,1-3H3. The summed E-state index contributed by atoms with van der Waals surface area (Å²) < 4.78 is 0. The number of rotatable bonds is 6. The Labute approximate surface area is 90.8 Å². The lowest BCUT2D eigenvalue weighted by molar-refractivity contribution is 0.473. The van der Waals surface area contributed by atoms with Crippen LogP contribution >= 0.6 is 11.3 Å². The largest absolute Gasteiger partial charge is 0.316 e. The molecular weight excluding hydrogens is 192 g/mol. The van der Waals surface area contributed by atoms with Crippen molar-refractivity contribution in [1.29, 1.82) is 0 Å². The summed E-state index contributed by atoms with van der Waals surface area (Å²) in [6.45, 7) is 8.95. The second-order valence-corrected chi connectivity index (χ2v) is 5.27. The third-order valence-corrected chi connectivity index (χ3v) is 2.85. The molecule has 1 rings (SSSR count). The van der Waals surface area contributed by atoms with Crippen LogP contribution in [0.15, 0.2) is 11.6 Å². The molecule has 0 saturated carbocycles. The summed E-state index contributed by atoms with van der Waals surface area (Å²) in [5, 5.41) is 6.77. The van der Waals surface area contributed by atoms with Gasteiger partial charge in [-0.3, -0.25) is 0 Å². The SMILES string of the molecule is CC(C)CNCC(C)Cc1nccs1. The van der Waals surface area contributed by atoms with Gasteiger partial charge in [-0.25, -0.2) is 4.98 Å². The molecule has 80 valence electrons. The summed E-state index contributed by atoms with van der Waals surface area (Å²) in [7, 11) is 0. The van der Waals surface area contributed by atoms with E-state index >= 15 is 0 Å². The van der Waals surface area contributed by atoms with E-state index < -0.39 is 0 Å². The quantitative estimate of drug-likeness (QED) is 0.784. The number of thiazole rings is 1. The second-order valence-electron chi connectivity index (χ2n) is 4.29. The van der Waals surface area contributed by atoms with Crippen molar-refractivity contribution in [3.63, 3.8) is 0 Å². The van der Waals surface area contributed by atoms with Crippen LogP contribution in [0.5, 0.6) is 0 Å². The topological polar surface area (TPSA) is 24.9 Å². The minimum atomic E-state index is 0.680. The van der Waals surface area contributed by atoms with Gasteiger partial charge in [0, 0.05) is 18.0 Å². The fraction of sp³-hybridized carbons (Fsp3) is 0.727. The Hall–Kier alpha value is -0.410. The fourth-order valence-corrected chi connectivity index (χ4v) is 2.12. The van der Waals surface area contributed by atoms with Crippen LogP contribution in [0.1, 0.15) is 25.8 Å². The van der Waals surface area contributed by atoms with Crippen LogP contribution in [0.4, 0.5) is 0 Å². The van der Waals surface area contributed by atoms with Crippen molar-refractivity contribution in [2.24, 2.45) is 11.8 Å². The zero-order chi connectivity index (χ0) is 10.4. The van der Waals surface area contributed by atoms with Crippen LogP contribution in [-0.2, 0) is 6.42 Å². The van der Waals surface area contributed by atoms with Crippen LogP contribution in [-0.4, -0.2) is 18.1 Å². The van der Waals surface area contributed by atoms with E-state index in [1.807, 2.05) is 11.6 Å². The summed E-state index contributed by atoms with van der Waals surface area (Å²) in [5.74, 6) is 1.42. The summed E-state index contributed by atoms with van der Waals surface area (Å²) in [5.41, 5.74) is 0. The van der Waals surface area contributed by atoms with Gasteiger partial charge in [-0.2, -0.15) is 0 Å². The first-order chi connectivity index (χ1) is 6.68. The van der Waals surface area contributed by atoms with Gasteiger partial charge in [-0.05, 0) is 24.9 Å². The van der Waals surface area contributed by atoms with Gasteiger partial charge in [0.15, 0.2) is 0 Å². The highest BCUT2D eigenvalue weighted by molar-refractivity contribution is 7.09. The van der Waals surface area contributed by atoms with Crippen LogP contribution in [0, 0.1) is 11.8 Å². The molecule has 0 aromatic carbocycles. The van der Waals surface area contributed by atoms with Crippen LogP contribution in [0.3, 0.4) is 0 Å². The Morgan fingerprint density at radius 3 is 2.71 bits per heavy atom. The van der Waals surface area contributed by atoms with Crippen LogP contribution in [0.25, 0.3) is 0 Å². The molecule has 3 heteroatoms. The maximum Gasteiger partial charge on any atom is 0.0927 e. The first-order valence-corrected chi connectivity index (χ1v) is 6.15. The van der Waals surface area contributed by atoms with Crippen molar-refractivity contribution in [3.05, 3.63) is 16.6 Å². The first kappa shape index (κ1) is 11.7. The van der Waals surface area contributed by atoms with E-state index in [-0.39, 0.29) is 0 Å². The third-order valence-electron chi connectivity index (χ3n) is 2.05. The number of hydrogen-bond donors (Lipinski definition) is 1. The van der Waals surface area contributed by atoms with Crippen molar-refractivity contribution in [2.45, 2.75) is 27.2 Å². The molecule has 0 aliphatic heterocycles. The zero-order valence-electron chi connectivity index (χ0n) is 9.29. The summed E-state index contributed by atoms with van der Waals surface area (Å²) in [6.07, 6.45) is 2.98. The van der Waals surface area contributed by atoms with Gasteiger partial charge >= 0.3 is 0 Å². The Morgan fingerprint density at radius 1 is 1.36 bits per heavy atom. The maximum absolute atomic E-state index is 4.29. The van der Waals surface area contributed by atoms with Gasteiger partial charge in [0.25, 0.3) is 0 Å². The average molecular weight is 212 g/mol. The molecule has 1 heterocycles. The van der Waals surface area contributed by atoms with Crippen LogP contribution < -0.4 is 5.32 Å². The monoisotopic (exact) mass is 212 g/mol. The summed E-state index contributed by atoms with van der Waals surface area (Å²) in [6, 6.07) is 0. The van der Waals surface area contributed by atoms with E-state index in [9.17, 15) is 0 Å². The minimum Gasteiger partial charge on any atom is -0.316 e. The van der Waals surface area contributed by atoms with E-state index in [0.29, 0.717) is 5.92 Å². The lowest BCUT2D eigenvalue weighted by Crippen LogP contribution is -2.26. The van der Waals surface area contributed by atoms with Gasteiger partial charge in [-0.15, -0.1) is 11.3 Å². The van der Waals surface area contributed by atoms with E-state index in [1.54, 1.807) is 11.3 Å². The molecule has 0 radical (unpaired) electrons. The Balaban J connectivity index is 2.13. The lowest BCUT2D eigenvalue weighted by atomic mass is 10.1. The third kappa shape index (κ3) is 4.72. The molecule has 0 fully saturated rings. The molecule has 1 N–H and O–H groups in total. The van der Waals surface area contributed by atoms with Gasteiger partial charge < -0.3 is 5.32 Å². The summed E-state index contributed by atoms with van der Waals surface area (Å²) >= 11 is 1.75. The molecule has 0 amide bonds. The zero-order valence-corrected chi connectivity index (χ0v) is 10.1. The molecule has 1 aromatic heterocycles. The fourth-order valence-electron chi connectivity index (χ4n) is 1.34. The Kier molecular flexibility index (Phi) is 5.12. The van der Waals surface area contributed by atoms with E-state index in [1.165, 1.54) is 5.01 Å². The minimum absolute atomic E-state index is 0.680. The van der Waals surface area contributed by atoms with Crippen molar-refractivity contribution in [3.8, 4) is 0 Å². The number of hydrogen-bond acceptors (Lipinski definition) is 3. The normalized spacial score (nSPS) is 13.4. The van der Waals surface area contributed by atoms with Crippen LogP contribution in [0.2, 0.25) is 0 Å². The van der Waals surface area contributed by atoms with Gasteiger partial charge in [0.05, 0.1) is 5.01 Å². The molecule has 0 saturated heterocycles. The van der Waals surface area contributed by atoms with Gasteiger partial charge in [0.2, 0.25) is 0 Å². The Bertz CT molecular complexity index is 231. The molecule has 1 unspecified atom stereocenters. The van der Waals surface area contributed by atoms with Crippen molar-refractivity contribution in [2.75, 3.05) is 13.1 Å². The predicted octanol–water partition coefficient (Wildman–Crippen LogP) is 2.57. The highest BCUT2D eigenvalue weighted by atomic mass is 32.1. The number of nitrogens with one attached hydrogen (secondary N) is 1. The highest BCUT2D eigenvalue weighted by Crippen LogP contribution is 2.10. The van der Waals surface area contributed by atoms with Crippen molar-refractivity contribution in [1.82, 2.24) is 10.3 Å². The molecule has 14 heavy (non-hydrogen) atoms. The molecular formula is C11H20N2S. The predicted molar refractivity (Wildman–Crippen MR) is 62.7 cm³/mol. The molecule has 1 aromatic rings. The van der Waals surface area contributed by atoms with Gasteiger partial charge in [0.1, 0.15) is 0 Å². The number of nitrogens with zero attached hydrogens (tertiary/aromatic N) is 1. The maximum atomic E-state index is 4.29. The molecule has 2 nitrogen and oxygen atoms in total. The smallest absolute Gasteiger partial charge is 0.0927 e. The van der Waals surface area contributed by atoms with E-state index in [0.717, 1.165) is 25.4 Å². The lowest BCUT2D eigenvalue weighted by Gasteiger charge is -2.12. The molecule has 1 atom stereocenters. The molecule has 0 aliphatic carbocycles. The second kappa shape index (κ2) is 6.14. The van der Waals surface area contributed by atoms with Gasteiger partial charge in [-0.1, -0.05) is 20.8 Å². The molecule has 0 bridgehead atoms. The molecule has 0 aliphatic rings. The average Bonchev–Trinajstić information content (AvgIpc) is 2.56. The Morgan fingerprint density at radius 2 is 2.14 bits per heavy atom. The van der Waals surface area contributed by atoms with Crippen molar-refractivity contribution < 1.29 is 0 Å².